The highest BCUT2D eigenvalue weighted by Gasteiger charge is 2.20. The van der Waals surface area contributed by atoms with E-state index in [0.29, 0.717) is 0 Å². The molecule has 8 aromatic rings. The molecule has 8 bridgehead atoms. The van der Waals surface area contributed by atoms with E-state index in [1.807, 2.05) is 72.8 Å². The largest absolute Gasteiger partial charge is 0.356 e. The highest BCUT2D eigenvalue weighted by molar-refractivity contribution is 7.60. The Bertz CT molecular complexity index is 3220. The minimum atomic E-state index is -4.38. The van der Waals surface area contributed by atoms with Crippen LogP contribution in [-0.4, -0.2) is 29.7 Å². The van der Waals surface area contributed by atoms with E-state index < -0.39 is 7.60 Å². The van der Waals surface area contributed by atoms with E-state index in [1.165, 1.54) is 12.1 Å². The maximum Gasteiger partial charge on any atom is 0.356 e. The van der Waals surface area contributed by atoms with Gasteiger partial charge in [-0.2, -0.15) is 0 Å². The van der Waals surface area contributed by atoms with Crippen LogP contribution < -0.4 is 5.30 Å². The van der Waals surface area contributed by atoms with Gasteiger partial charge in [0.25, 0.3) is 0 Å². The third kappa shape index (κ3) is 7.08. The lowest BCUT2D eigenvalue weighted by atomic mass is 10.0. The number of aromatic nitrogens is 4. The number of hydrogen-bond acceptors (Lipinski definition) is 3. The lowest BCUT2D eigenvalue weighted by Crippen LogP contribution is -2.02. The second-order valence-electron chi connectivity index (χ2n) is 14.7. The van der Waals surface area contributed by atoms with Crippen LogP contribution in [0.4, 0.5) is 0 Å². The number of rotatable bonds is 7. The standard InChI is InChI=1S/C52H37N4O3P/c57-60(58,59)40-25-22-34(23-26-40)21-24-39-33-47-50(37-17-9-3-10-18-37)45-30-29-43(54-45)48(35-13-5-1-6-14-35)41-27-28-42(53-41)49(36-15-7-2-8-16-36)44-31-32-46(55-44)51(52(39)56-47)38-19-11-4-12-20-38/h1-33,53,56H,(H2,57,58,59)/b24-21+,48-41?,48-43?,49-42?,49-44?,50-45?,50-47?,51-46?,52-51?. The molecule has 0 radical (unpaired) electrons. The Kier molecular flexibility index (Phi) is 9.47. The molecule has 4 N–H and O–H groups in total. The molecule has 0 saturated carbocycles. The van der Waals surface area contributed by atoms with Gasteiger partial charge in [-0.1, -0.05) is 146 Å². The quantitative estimate of drug-likeness (QED) is 0.120. The molecule has 0 unspecified atom stereocenters. The Balaban J connectivity index is 1.37. The highest BCUT2D eigenvalue weighted by atomic mass is 31.2. The van der Waals surface area contributed by atoms with Crippen LogP contribution in [0.5, 0.6) is 0 Å². The summed E-state index contributed by atoms with van der Waals surface area (Å²) in [5, 5.41) is -0.0236. The number of H-pyrrole nitrogens is 2. The molecule has 60 heavy (non-hydrogen) atoms. The van der Waals surface area contributed by atoms with Crippen LogP contribution in [-0.2, 0) is 4.57 Å². The first-order valence-electron chi connectivity index (χ1n) is 19.6. The molecule has 0 aliphatic carbocycles. The molecule has 0 amide bonds. The molecule has 2 aliphatic heterocycles. The Morgan fingerprint density at radius 3 is 1.27 bits per heavy atom. The normalized spacial score (nSPS) is 12.4. The summed E-state index contributed by atoms with van der Waals surface area (Å²) in [6.45, 7) is 0. The summed E-state index contributed by atoms with van der Waals surface area (Å²) in [6, 6.07) is 54.1. The molecule has 3 aromatic heterocycles. The Morgan fingerprint density at radius 1 is 0.433 bits per heavy atom. The van der Waals surface area contributed by atoms with Crippen molar-refractivity contribution in [2.24, 2.45) is 0 Å². The van der Waals surface area contributed by atoms with Crippen molar-refractivity contribution in [1.82, 2.24) is 19.9 Å². The van der Waals surface area contributed by atoms with Gasteiger partial charge in [-0.15, -0.1) is 0 Å². The zero-order chi connectivity index (χ0) is 40.6. The van der Waals surface area contributed by atoms with Crippen molar-refractivity contribution in [1.29, 1.82) is 0 Å². The fraction of sp³-hybridized carbons (Fsp3) is 0. The summed E-state index contributed by atoms with van der Waals surface area (Å²) in [7, 11) is -4.38. The van der Waals surface area contributed by atoms with Gasteiger partial charge in [0, 0.05) is 44.4 Å². The zero-order valence-electron chi connectivity index (χ0n) is 32.2. The molecule has 288 valence electrons. The first kappa shape index (κ1) is 36.9. The van der Waals surface area contributed by atoms with Crippen LogP contribution in [0.1, 0.15) is 33.9 Å². The average Bonchev–Trinajstić information content (AvgIpc) is 4.12. The molecule has 0 atom stereocenters. The van der Waals surface area contributed by atoms with Crippen LogP contribution in [0.2, 0.25) is 0 Å². The van der Waals surface area contributed by atoms with Crippen molar-refractivity contribution in [3.05, 3.63) is 198 Å². The van der Waals surface area contributed by atoms with E-state index in [0.717, 1.165) is 100 Å². The van der Waals surface area contributed by atoms with E-state index in [9.17, 15) is 14.4 Å². The summed E-state index contributed by atoms with van der Waals surface area (Å²) >= 11 is 0. The van der Waals surface area contributed by atoms with E-state index in [4.69, 9.17) is 9.97 Å². The second-order valence-corrected chi connectivity index (χ2v) is 16.3. The highest BCUT2D eigenvalue weighted by Crippen LogP contribution is 2.40. The van der Waals surface area contributed by atoms with Crippen LogP contribution in [0.3, 0.4) is 0 Å². The smallest absolute Gasteiger partial charge is 0.354 e. The Morgan fingerprint density at radius 2 is 0.833 bits per heavy atom. The van der Waals surface area contributed by atoms with Crippen molar-refractivity contribution in [2.45, 2.75) is 0 Å². The summed E-state index contributed by atoms with van der Waals surface area (Å²) < 4.78 is 12.0. The third-order valence-corrected chi connectivity index (χ3v) is 11.8. The van der Waals surface area contributed by atoms with E-state index in [-0.39, 0.29) is 5.30 Å². The summed E-state index contributed by atoms with van der Waals surface area (Å²) in [4.78, 5) is 38.0. The number of fused-ring (bicyclic) bond motifs is 8. The van der Waals surface area contributed by atoms with E-state index in [2.05, 4.69) is 113 Å². The lowest BCUT2D eigenvalue weighted by Gasteiger charge is -2.07. The maximum atomic E-state index is 12.0. The van der Waals surface area contributed by atoms with Gasteiger partial charge in [0.1, 0.15) is 0 Å². The minimum absolute atomic E-state index is 0.0236. The van der Waals surface area contributed by atoms with Gasteiger partial charge in [-0.25, -0.2) is 9.97 Å². The first-order valence-corrected chi connectivity index (χ1v) is 21.2. The van der Waals surface area contributed by atoms with Gasteiger partial charge < -0.3 is 19.8 Å². The second kappa shape index (κ2) is 15.4. The van der Waals surface area contributed by atoms with E-state index in [1.54, 1.807) is 12.1 Å². The van der Waals surface area contributed by atoms with Crippen LogP contribution in [0.25, 0.3) is 103 Å². The van der Waals surface area contributed by atoms with Crippen molar-refractivity contribution < 1.29 is 14.4 Å². The number of aromatic amines is 2. The Hall–Kier alpha value is -7.41. The molecular weight excluding hydrogens is 760 g/mol. The Labute approximate surface area is 346 Å². The number of nitrogens with zero attached hydrogens (tertiary/aromatic N) is 2. The van der Waals surface area contributed by atoms with Crippen LogP contribution >= 0.6 is 7.60 Å². The molecular formula is C52H37N4O3P. The molecule has 2 aliphatic rings. The SMILES string of the molecule is O=P(O)(O)c1ccc(/C=C/c2cc3[nH]c2c(-c2ccccc2)c2nc(c(-c4ccccc4)c4ccc([nH]4)c(-c4ccccc4)c4nc(c3-c3ccccc3)C=C4)C=C2)cc1. The molecule has 5 aromatic carbocycles. The van der Waals surface area contributed by atoms with Gasteiger partial charge in [0.2, 0.25) is 0 Å². The first-order chi connectivity index (χ1) is 29.4. The maximum absolute atomic E-state index is 12.0. The predicted octanol–water partition coefficient (Wildman–Crippen LogP) is 12.3. The van der Waals surface area contributed by atoms with Gasteiger partial charge in [-0.05, 0) is 82.5 Å². The molecule has 0 saturated heterocycles. The fourth-order valence-electron chi connectivity index (χ4n) is 8.04. The molecule has 0 spiro atoms. The third-order valence-electron chi connectivity index (χ3n) is 10.8. The topological polar surface area (TPSA) is 115 Å². The molecule has 8 heteroatoms. The summed E-state index contributed by atoms with van der Waals surface area (Å²) in [5.41, 5.74) is 16.4. The summed E-state index contributed by atoms with van der Waals surface area (Å²) in [6.07, 6.45) is 12.4. The van der Waals surface area contributed by atoms with Crippen molar-refractivity contribution in [3.8, 4) is 44.5 Å². The van der Waals surface area contributed by atoms with Crippen molar-refractivity contribution in [2.75, 3.05) is 0 Å². The molecule has 0 fully saturated rings. The number of benzene rings is 5. The minimum Gasteiger partial charge on any atom is -0.354 e. The molecule has 7 nitrogen and oxygen atoms in total. The van der Waals surface area contributed by atoms with Gasteiger partial charge in [-0.3, -0.25) is 4.57 Å². The number of hydrogen-bond donors (Lipinski definition) is 4. The van der Waals surface area contributed by atoms with Crippen molar-refractivity contribution in [3.63, 3.8) is 0 Å². The lowest BCUT2D eigenvalue weighted by molar-refractivity contribution is 0.387. The average molecular weight is 797 g/mol. The van der Waals surface area contributed by atoms with Gasteiger partial charge in [0.05, 0.1) is 33.6 Å². The van der Waals surface area contributed by atoms with Crippen molar-refractivity contribution >= 4 is 71.4 Å². The van der Waals surface area contributed by atoms with Crippen LogP contribution in [0.15, 0.2) is 164 Å². The van der Waals surface area contributed by atoms with Crippen LogP contribution in [0, 0.1) is 0 Å². The number of nitrogens with one attached hydrogen (secondary N) is 2. The predicted molar refractivity (Wildman–Crippen MR) is 248 cm³/mol. The molecule has 5 heterocycles. The molecule has 10 rings (SSSR count). The summed E-state index contributed by atoms with van der Waals surface area (Å²) in [5.74, 6) is 0. The van der Waals surface area contributed by atoms with Gasteiger partial charge >= 0.3 is 7.60 Å². The zero-order valence-corrected chi connectivity index (χ0v) is 33.1. The van der Waals surface area contributed by atoms with Gasteiger partial charge in [0.15, 0.2) is 0 Å². The monoisotopic (exact) mass is 796 g/mol. The fourth-order valence-corrected chi connectivity index (χ4v) is 8.58. The van der Waals surface area contributed by atoms with E-state index >= 15 is 0 Å².